The topological polar surface area (TPSA) is 174 Å². The van der Waals surface area contributed by atoms with Gasteiger partial charge in [-0.3, -0.25) is 14.4 Å². The van der Waals surface area contributed by atoms with Crippen molar-refractivity contribution in [3.63, 3.8) is 0 Å². The van der Waals surface area contributed by atoms with Gasteiger partial charge in [0, 0.05) is 12.3 Å². The highest BCUT2D eigenvalue weighted by Gasteiger charge is 2.58. The number of nitrogens with zero attached hydrogens (tertiary/aromatic N) is 2. The van der Waals surface area contributed by atoms with Crippen molar-refractivity contribution in [3.05, 3.63) is 24.2 Å². The second-order valence-corrected chi connectivity index (χ2v) is 7.52. The van der Waals surface area contributed by atoms with Crippen LogP contribution in [0.1, 0.15) is 5.76 Å². The number of aliphatic carboxylic acids is 1. The molecule has 0 saturated carbocycles. The fraction of sp³-hybridized carbons (Fsp3) is 0.438. The van der Waals surface area contributed by atoms with Gasteiger partial charge in [-0.15, -0.1) is 11.8 Å². The average Bonchev–Trinajstić information content (AvgIpc) is 3.22. The number of carboxylic acids is 1. The Morgan fingerprint density at radius 3 is 2.86 bits per heavy atom. The molecule has 3 rings (SSSR count). The normalized spacial score (nSPS) is 26.2. The number of primary amides is 1. The smallest absolute Gasteiger partial charge is 0.404 e. The largest absolute Gasteiger partial charge is 0.481 e. The molecular weight excluding hydrogens is 408 g/mol. The molecule has 2 aliphatic rings. The molecule has 29 heavy (non-hydrogen) atoms. The minimum absolute atomic E-state index is 0.0631. The Morgan fingerprint density at radius 2 is 2.28 bits per heavy atom. The van der Waals surface area contributed by atoms with Crippen LogP contribution in [-0.4, -0.2) is 77.0 Å². The van der Waals surface area contributed by atoms with Gasteiger partial charge in [-0.2, -0.15) is 0 Å². The van der Waals surface area contributed by atoms with Crippen LogP contribution in [0, 0.1) is 5.41 Å². The molecule has 0 bridgehead atoms. The number of amides is 3. The van der Waals surface area contributed by atoms with Crippen LogP contribution in [0.5, 0.6) is 0 Å². The van der Waals surface area contributed by atoms with Crippen LogP contribution in [0.4, 0.5) is 4.79 Å². The number of carbonyl (C=O) groups is 4. The first kappa shape index (κ1) is 20.5. The summed E-state index contributed by atoms with van der Waals surface area (Å²) in [5.74, 6) is -2.12. The van der Waals surface area contributed by atoms with E-state index in [2.05, 4.69) is 20.0 Å². The highest BCUT2D eigenvalue weighted by Crippen LogP contribution is 2.42. The standard InChI is InChI=1S/C16H18N4O8S/c1-26-19-9(8-3-2-4-27-8)11(21)18-10-12(22)20-5-16(14(23)24,6-28-15(17)25)7-29-13(10)20/h2-4,10,13H,5-7H2,1H3,(H2,17,25)(H,18,21)(H,23,24)/t10?,13-,16?/m1/s1. The van der Waals surface area contributed by atoms with Crippen LogP contribution in [0.2, 0.25) is 0 Å². The third-order valence-corrected chi connectivity index (χ3v) is 6.12. The molecule has 1 aromatic heterocycles. The highest BCUT2D eigenvalue weighted by molar-refractivity contribution is 8.00. The van der Waals surface area contributed by atoms with Crippen LogP contribution < -0.4 is 11.1 Å². The predicted octanol–water partition coefficient (Wildman–Crippen LogP) is -0.804. The minimum atomic E-state index is -1.47. The third kappa shape index (κ3) is 3.85. The summed E-state index contributed by atoms with van der Waals surface area (Å²) in [6, 6.07) is 2.22. The molecule has 0 aliphatic carbocycles. The molecule has 0 spiro atoms. The molecule has 2 aliphatic heterocycles. The van der Waals surface area contributed by atoms with E-state index in [0.29, 0.717) is 0 Å². The summed E-state index contributed by atoms with van der Waals surface area (Å²) in [5, 5.41) is 15.3. The van der Waals surface area contributed by atoms with E-state index in [1.165, 1.54) is 24.3 Å². The number of oxime groups is 1. The van der Waals surface area contributed by atoms with E-state index >= 15 is 0 Å². The molecule has 2 fully saturated rings. The van der Waals surface area contributed by atoms with Crippen molar-refractivity contribution in [2.24, 2.45) is 16.3 Å². The van der Waals surface area contributed by atoms with Crippen molar-refractivity contribution in [3.8, 4) is 0 Å². The summed E-state index contributed by atoms with van der Waals surface area (Å²) in [7, 11) is 1.27. The Balaban J connectivity index is 1.68. The monoisotopic (exact) mass is 426 g/mol. The predicted molar refractivity (Wildman–Crippen MR) is 97.7 cm³/mol. The number of furan rings is 1. The lowest BCUT2D eigenvalue weighted by molar-refractivity contribution is -0.160. The lowest BCUT2D eigenvalue weighted by Gasteiger charge is -2.53. The van der Waals surface area contributed by atoms with Crippen LogP contribution in [0.3, 0.4) is 0 Å². The molecule has 0 aromatic carbocycles. The second-order valence-electron chi connectivity index (χ2n) is 6.41. The zero-order valence-electron chi connectivity index (χ0n) is 15.2. The van der Waals surface area contributed by atoms with Gasteiger partial charge in [-0.25, -0.2) is 4.79 Å². The van der Waals surface area contributed by atoms with E-state index in [9.17, 15) is 24.3 Å². The molecule has 4 N–H and O–H groups in total. The Kier molecular flexibility index (Phi) is 5.68. The van der Waals surface area contributed by atoms with E-state index in [0.717, 1.165) is 11.8 Å². The molecule has 3 atom stereocenters. The van der Waals surface area contributed by atoms with Gasteiger partial charge in [0.15, 0.2) is 5.76 Å². The van der Waals surface area contributed by atoms with Crippen molar-refractivity contribution >= 4 is 41.4 Å². The van der Waals surface area contributed by atoms with Gasteiger partial charge >= 0.3 is 12.1 Å². The lowest BCUT2D eigenvalue weighted by atomic mass is 9.88. The van der Waals surface area contributed by atoms with Gasteiger partial charge in [0.2, 0.25) is 11.6 Å². The van der Waals surface area contributed by atoms with Crippen LogP contribution in [0.25, 0.3) is 0 Å². The zero-order chi connectivity index (χ0) is 21.2. The fourth-order valence-electron chi connectivity index (χ4n) is 3.03. The number of rotatable bonds is 7. The maximum atomic E-state index is 12.5. The van der Waals surface area contributed by atoms with Crippen molar-refractivity contribution < 1.29 is 38.3 Å². The Labute approximate surface area is 168 Å². The van der Waals surface area contributed by atoms with Gasteiger partial charge < -0.3 is 35.0 Å². The van der Waals surface area contributed by atoms with Crippen molar-refractivity contribution in [2.45, 2.75) is 11.4 Å². The van der Waals surface area contributed by atoms with E-state index in [-0.39, 0.29) is 23.8 Å². The van der Waals surface area contributed by atoms with Gasteiger partial charge in [0.05, 0.1) is 6.26 Å². The summed E-state index contributed by atoms with van der Waals surface area (Å²) in [6.45, 7) is -0.628. The summed E-state index contributed by atoms with van der Waals surface area (Å²) < 4.78 is 9.82. The molecule has 12 nitrogen and oxygen atoms in total. The maximum absolute atomic E-state index is 12.5. The van der Waals surface area contributed by atoms with Crippen molar-refractivity contribution in [1.29, 1.82) is 0 Å². The molecule has 2 saturated heterocycles. The van der Waals surface area contributed by atoms with E-state index in [1.807, 2.05) is 0 Å². The first-order chi connectivity index (χ1) is 13.8. The number of hydrogen-bond donors (Lipinski definition) is 3. The number of nitrogens with two attached hydrogens (primary N) is 1. The van der Waals surface area contributed by atoms with Crippen molar-refractivity contribution in [1.82, 2.24) is 10.2 Å². The summed E-state index contributed by atoms with van der Waals surface area (Å²) in [4.78, 5) is 53.6. The maximum Gasteiger partial charge on any atom is 0.404 e. The molecule has 156 valence electrons. The second kappa shape index (κ2) is 8.03. The van der Waals surface area contributed by atoms with Crippen LogP contribution in [-0.2, 0) is 24.0 Å². The molecule has 3 heterocycles. The molecule has 2 unspecified atom stereocenters. The number of carbonyl (C=O) groups excluding carboxylic acids is 3. The summed E-state index contributed by atoms with van der Waals surface area (Å²) in [5.41, 5.74) is 3.31. The molecule has 3 amide bonds. The number of thioether (sulfide) groups is 1. The van der Waals surface area contributed by atoms with Crippen molar-refractivity contribution in [2.75, 3.05) is 26.0 Å². The van der Waals surface area contributed by atoms with Crippen LogP contribution in [0.15, 0.2) is 28.0 Å². The number of β-lactam (4-membered cyclic amide) rings is 1. The Bertz CT molecular complexity index is 857. The number of ether oxygens (including phenoxy) is 1. The van der Waals surface area contributed by atoms with Gasteiger partial charge in [-0.1, -0.05) is 5.16 Å². The minimum Gasteiger partial charge on any atom is -0.481 e. The van der Waals surface area contributed by atoms with Gasteiger partial charge in [-0.05, 0) is 12.1 Å². The molecule has 0 radical (unpaired) electrons. The van der Waals surface area contributed by atoms with Gasteiger partial charge in [0.1, 0.15) is 30.5 Å². The fourth-order valence-corrected chi connectivity index (χ4v) is 4.55. The number of carboxylic acid groups (broad SMARTS) is 1. The number of nitrogens with one attached hydrogen (secondary N) is 1. The highest BCUT2D eigenvalue weighted by atomic mass is 32.2. The summed E-state index contributed by atoms with van der Waals surface area (Å²) >= 11 is 1.16. The SMILES string of the molecule is CON=C(C(=O)NC1C(=O)N2CC(COC(N)=O)(C(=O)O)CS[C@H]12)c1ccco1. The first-order valence-corrected chi connectivity index (χ1v) is 9.37. The summed E-state index contributed by atoms with van der Waals surface area (Å²) in [6.07, 6.45) is 0.265. The zero-order valence-corrected chi connectivity index (χ0v) is 16.0. The van der Waals surface area contributed by atoms with Crippen LogP contribution >= 0.6 is 11.8 Å². The number of fused-ring (bicyclic) bond motifs is 1. The van der Waals surface area contributed by atoms with E-state index in [1.54, 1.807) is 6.07 Å². The molecule has 13 heteroatoms. The Morgan fingerprint density at radius 1 is 1.52 bits per heavy atom. The lowest BCUT2D eigenvalue weighted by Crippen LogP contribution is -2.74. The average molecular weight is 426 g/mol. The molecule has 1 aromatic rings. The van der Waals surface area contributed by atoms with Gasteiger partial charge in [0.25, 0.3) is 5.91 Å². The van der Waals surface area contributed by atoms with E-state index in [4.69, 9.17) is 10.2 Å². The first-order valence-electron chi connectivity index (χ1n) is 8.32. The quantitative estimate of drug-likeness (QED) is 0.286. The number of hydrogen-bond acceptors (Lipinski definition) is 9. The molecular formula is C16H18N4O8S. The van der Waals surface area contributed by atoms with E-state index < -0.39 is 47.3 Å². The Hall–Kier alpha value is -3.22. The third-order valence-electron chi connectivity index (χ3n) is 4.53.